The molecule has 2 atom stereocenters. The van der Waals surface area contributed by atoms with Gasteiger partial charge in [-0.1, -0.05) is 31.5 Å². The number of aromatic nitrogens is 2. The van der Waals surface area contributed by atoms with E-state index in [4.69, 9.17) is 10.2 Å². The number of aliphatic carboxylic acids is 1. The van der Waals surface area contributed by atoms with Crippen LogP contribution in [0, 0.1) is 12.7 Å². The summed E-state index contributed by atoms with van der Waals surface area (Å²) in [5.74, 6) is -1.31. The maximum absolute atomic E-state index is 13.6. The first kappa shape index (κ1) is 24.6. The molecule has 2 unspecified atom stereocenters. The largest absolute Gasteiger partial charge is 0.481 e. The number of nitrogens with zero attached hydrogens (tertiary/aromatic N) is 2. The molecular formula is C26H31FN2O4. The highest BCUT2D eigenvalue weighted by atomic mass is 19.1. The Morgan fingerprint density at radius 1 is 1.03 bits per heavy atom. The molecule has 3 N–H and O–H groups in total. The molecule has 0 bridgehead atoms. The maximum atomic E-state index is 13.6. The second kappa shape index (κ2) is 10.7. The van der Waals surface area contributed by atoms with E-state index in [1.807, 2.05) is 35.9 Å². The van der Waals surface area contributed by atoms with E-state index in [1.165, 1.54) is 12.1 Å². The number of halogens is 1. The van der Waals surface area contributed by atoms with Crippen LogP contribution < -0.4 is 0 Å². The van der Waals surface area contributed by atoms with Crippen LogP contribution in [0.25, 0.3) is 16.9 Å². The number of benzene rings is 2. The third kappa shape index (κ3) is 6.27. The lowest BCUT2D eigenvalue weighted by atomic mass is 9.94. The van der Waals surface area contributed by atoms with Gasteiger partial charge in [0.2, 0.25) is 0 Å². The second-order valence-corrected chi connectivity index (χ2v) is 8.80. The van der Waals surface area contributed by atoms with Gasteiger partial charge in [0.25, 0.3) is 0 Å². The molecule has 3 rings (SSSR count). The van der Waals surface area contributed by atoms with Gasteiger partial charge in [0.05, 0.1) is 35.7 Å². The molecule has 0 fully saturated rings. The van der Waals surface area contributed by atoms with Crippen LogP contribution in [0.1, 0.15) is 55.8 Å². The molecule has 33 heavy (non-hydrogen) atoms. The minimum absolute atomic E-state index is 0.0126. The first-order valence-electron chi connectivity index (χ1n) is 11.2. The van der Waals surface area contributed by atoms with Crippen molar-refractivity contribution in [2.45, 2.75) is 64.6 Å². The SMILES string of the molecule is Cc1ccc(-n2nc(-c3ccc(F)cc3)c(CCC(O)CC(O)CC(=O)O)c2C(C)C)cc1. The highest BCUT2D eigenvalue weighted by molar-refractivity contribution is 5.67. The number of carboxylic acid groups (broad SMARTS) is 1. The molecular weight excluding hydrogens is 423 g/mol. The van der Waals surface area contributed by atoms with Crippen LogP contribution in [0.5, 0.6) is 0 Å². The van der Waals surface area contributed by atoms with Crippen LogP contribution >= 0.6 is 0 Å². The minimum Gasteiger partial charge on any atom is -0.481 e. The Balaban J connectivity index is 1.99. The zero-order valence-corrected chi connectivity index (χ0v) is 19.2. The Labute approximate surface area is 193 Å². The van der Waals surface area contributed by atoms with E-state index in [-0.39, 0.29) is 18.2 Å². The maximum Gasteiger partial charge on any atom is 0.305 e. The molecule has 0 radical (unpaired) electrons. The second-order valence-electron chi connectivity index (χ2n) is 8.80. The van der Waals surface area contributed by atoms with Crippen molar-refractivity contribution in [3.05, 3.63) is 71.2 Å². The molecule has 6 nitrogen and oxygen atoms in total. The topological polar surface area (TPSA) is 95.6 Å². The Hall–Kier alpha value is -3.03. The molecule has 1 heterocycles. The molecule has 0 aliphatic rings. The summed E-state index contributed by atoms with van der Waals surface area (Å²) in [4.78, 5) is 10.8. The number of aliphatic hydroxyl groups is 2. The predicted octanol–water partition coefficient (Wildman–Crippen LogP) is 4.63. The first-order chi connectivity index (χ1) is 15.7. The molecule has 176 valence electrons. The van der Waals surface area contributed by atoms with E-state index in [1.54, 1.807) is 12.1 Å². The smallest absolute Gasteiger partial charge is 0.305 e. The number of aliphatic hydroxyl groups excluding tert-OH is 2. The van der Waals surface area contributed by atoms with E-state index < -0.39 is 24.6 Å². The van der Waals surface area contributed by atoms with E-state index in [0.29, 0.717) is 12.8 Å². The number of hydrogen-bond acceptors (Lipinski definition) is 4. The zero-order chi connectivity index (χ0) is 24.1. The van der Waals surface area contributed by atoms with Gasteiger partial charge in [-0.15, -0.1) is 0 Å². The molecule has 0 saturated heterocycles. The summed E-state index contributed by atoms with van der Waals surface area (Å²) in [6, 6.07) is 14.2. The van der Waals surface area contributed by atoms with E-state index >= 15 is 0 Å². The minimum atomic E-state index is -1.10. The lowest BCUT2D eigenvalue weighted by Gasteiger charge is -2.16. The molecule has 0 saturated carbocycles. The van der Waals surface area contributed by atoms with E-state index in [2.05, 4.69) is 13.8 Å². The lowest BCUT2D eigenvalue weighted by Crippen LogP contribution is -2.21. The number of carboxylic acids is 1. The summed E-state index contributed by atoms with van der Waals surface area (Å²) < 4.78 is 15.5. The van der Waals surface area contributed by atoms with Crippen molar-refractivity contribution in [2.24, 2.45) is 0 Å². The fourth-order valence-corrected chi connectivity index (χ4v) is 4.05. The molecule has 2 aromatic carbocycles. The number of aryl methyl sites for hydroxylation is 1. The van der Waals surface area contributed by atoms with Gasteiger partial charge in [0.15, 0.2) is 0 Å². The number of rotatable bonds is 10. The highest BCUT2D eigenvalue weighted by Gasteiger charge is 2.24. The molecule has 3 aromatic rings. The van der Waals surface area contributed by atoms with Crippen molar-refractivity contribution in [2.75, 3.05) is 0 Å². The van der Waals surface area contributed by atoms with Crippen molar-refractivity contribution >= 4 is 5.97 Å². The van der Waals surface area contributed by atoms with E-state index in [0.717, 1.165) is 33.8 Å². The Morgan fingerprint density at radius 3 is 2.24 bits per heavy atom. The van der Waals surface area contributed by atoms with Gasteiger partial charge >= 0.3 is 5.97 Å². The fraction of sp³-hybridized carbons (Fsp3) is 0.385. The van der Waals surface area contributed by atoms with Crippen molar-refractivity contribution < 1.29 is 24.5 Å². The third-order valence-electron chi connectivity index (χ3n) is 5.65. The van der Waals surface area contributed by atoms with Gasteiger partial charge in [0.1, 0.15) is 5.82 Å². The summed E-state index contributed by atoms with van der Waals surface area (Å²) in [5, 5.41) is 34.0. The summed E-state index contributed by atoms with van der Waals surface area (Å²) in [5.41, 5.74) is 5.49. The lowest BCUT2D eigenvalue weighted by molar-refractivity contribution is -0.139. The first-order valence-corrected chi connectivity index (χ1v) is 11.2. The van der Waals surface area contributed by atoms with E-state index in [9.17, 15) is 19.4 Å². The van der Waals surface area contributed by atoms with Crippen LogP contribution in [0.2, 0.25) is 0 Å². The molecule has 1 aromatic heterocycles. The average molecular weight is 455 g/mol. The van der Waals surface area contributed by atoms with Gasteiger partial charge in [-0.3, -0.25) is 4.79 Å². The summed E-state index contributed by atoms with van der Waals surface area (Å²) in [6.45, 7) is 6.17. The summed E-state index contributed by atoms with van der Waals surface area (Å²) in [7, 11) is 0. The van der Waals surface area contributed by atoms with Gasteiger partial charge in [-0.25, -0.2) is 9.07 Å². The molecule has 0 amide bonds. The van der Waals surface area contributed by atoms with Crippen LogP contribution in [-0.2, 0) is 11.2 Å². The zero-order valence-electron chi connectivity index (χ0n) is 19.2. The van der Waals surface area contributed by atoms with Crippen LogP contribution in [0.3, 0.4) is 0 Å². The molecule has 7 heteroatoms. The monoisotopic (exact) mass is 454 g/mol. The highest BCUT2D eigenvalue weighted by Crippen LogP contribution is 2.33. The average Bonchev–Trinajstić information content (AvgIpc) is 3.12. The number of hydrogen-bond donors (Lipinski definition) is 3. The summed E-state index contributed by atoms with van der Waals surface area (Å²) >= 11 is 0. The molecule has 0 spiro atoms. The predicted molar refractivity (Wildman–Crippen MR) is 125 cm³/mol. The van der Waals surface area contributed by atoms with Gasteiger partial charge in [-0.05, 0) is 68.5 Å². The van der Waals surface area contributed by atoms with Crippen molar-refractivity contribution in [3.63, 3.8) is 0 Å². The van der Waals surface area contributed by atoms with Crippen molar-refractivity contribution in [1.82, 2.24) is 9.78 Å². The number of carbonyl (C=O) groups is 1. The van der Waals surface area contributed by atoms with Crippen LogP contribution in [-0.4, -0.2) is 43.3 Å². The molecule has 0 aliphatic heterocycles. The third-order valence-corrected chi connectivity index (χ3v) is 5.65. The van der Waals surface area contributed by atoms with Crippen molar-refractivity contribution in [1.29, 1.82) is 0 Å². The van der Waals surface area contributed by atoms with Gasteiger partial charge in [-0.2, -0.15) is 5.10 Å². The van der Waals surface area contributed by atoms with Crippen LogP contribution in [0.4, 0.5) is 4.39 Å². The quantitative estimate of drug-likeness (QED) is 0.415. The Kier molecular flexibility index (Phi) is 8.00. The Morgan fingerprint density at radius 2 is 1.67 bits per heavy atom. The standard InChI is InChI=1S/C26H31FN2O4/c1-16(2)26-23(13-12-21(30)14-22(31)15-24(32)33)25(18-6-8-19(27)9-7-18)28-29(26)20-10-4-17(3)5-11-20/h4-11,16,21-22,30-31H,12-15H2,1-3H3,(H,32,33). The van der Waals surface area contributed by atoms with Gasteiger partial charge in [0, 0.05) is 11.1 Å². The molecule has 0 aliphatic carbocycles. The summed E-state index contributed by atoms with van der Waals surface area (Å²) in [6.07, 6.45) is -1.56. The Bertz CT molecular complexity index is 1070. The normalized spacial score (nSPS) is 13.3. The fourth-order valence-electron chi connectivity index (χ4n) is 4.05. The van der Waals surface area contributed by atoms with Crippen LogP contribution in [0.15, 0.2) is 48.5 Å². The van der Waals surface area contributed by atoms with Gasteiger partial charge < -0.3 is 15.3 Å². The van der Waals surface area contributed by atoms with Crippen molar-refractivity contribution in [3.8, 4) is 16.9 Å².